The van der Waals surface area contributed by atoms with Crippen LogP contribution in [0.2, 0.25) is 0 Å². The van der Waals surface area contributed by atoms with Crippen molar-refractivity contribution in [2.45, 2.75) is 49.9 Å². The van der Waals surface area contributed by atoms with E-state index < -0.39 is 11.5 Å². The molecule has 1 aromatic heterocycles. The lowest BCUT2D eigenvalue weighted by molar-refractivity contribution is -0.138. The van der Waals surface area contributed by atoms with Gasteiger partial charge in [0.2, 0.25) is 11.8 Å². The Morgan fingerprint density at radius 1 is 1.27 bits per heavy atom. The Bertz CT molecular complexity index is 1040. The normalized spacial score (nSPS) is 32.5. The fraction of sp³-hybridized carbons (Fsp3) is 0.500. The van der Waals surface area contributed by atoms with Gasteiger partial charge < -0.3 is 19.9 Å². The third-order valence-electron chi connectivity index (χ3n) is 7.57. The number of benzene rings is 1. The van der Waals surface area contributed by atoms with Crippen LogP contribution in [0.5, 0.6) is 0 Å². The van der Waals surface area contributed by atoms with Crippen LogP contribution < -0.4 is 5.32 Å². The molecule has 0 radical (unpaired) electrons. The fourth-order valence-corrected chi connectivity index (χ4v) is 6.13. The number of para-hydroxylation sites is 1. The van der Waals surface area contributed by atoms with Crippen LogP contribution in [0.15, 0.2) is 42.6 Å². The van der Waals surface area contributed by atoms with Gasteiger partial charge in [0, 0.05) is 29.7 Å². The van der Waals surface area contributed by atoms with E-state index in [2.05, 4.69) is 22.4 Å². The van der Waals surface area contributed by atoms with E-state index in [1.165, 1.54) is 23.8 Å². The van der Waals surface area contributed by atoms with Crippen molar-refractivity contribution in [3.05, 3.63) is 48.2 Å². The molecule has 4 unspecified atom stereocenters. The maximum atomic E-state index is 13.3. The first-order valence-electron chi connectivity index (χ1n) is 11.2. The Labute approximate surface area is 175 Å². The standard InChI is InChI=1S/C24H27N3O3/c28-22(25-12-10-15-13-26-18-8-4-3-7-17(15)18)20-19-9-11-24(30-19)14-27(23(29)21(20)24)16-5-1-2-6-16/h3-4,7-9,11,13,16,19-21,26H,1-2,5-6,10,12,14H2,(H,25,28). The van der Waals surface area contributed by atoms with E-state index in [0.29, 0.717) is 19.1 Å². The summed E-state index contributed by atoms with van der Waals surface area (Å²) >= 11 is 0. The summed E-state index contributed by atoms with van der Waals surface area (Å²) in [5.41, 5.74) is 1.70. The van der Waals surface area contributed by atoms with Crippen molar-refractivity contribution in [1.82, 2.24) is 15.2 Å². The van der Waals surface area contributed by atoms with Crippen LogP contribution >= 0.6 is 0 Å². The molecule has 1 saturated carbocycles. The summed E-state index contributed by atoms with van der Waals surface area (Å²) in [6.07, 6.45) is 11.0. The quantitative estimate of drug-likeness (QED) is 0.751. The van der Waals surface area contributed by atoms with Gasteiger partial charge in [0.1, 0.15) is 5.60 Å². The summed E-state index contributed by atoms with van der Waals surface area (Å²) in [6.45, 7) is 1.15. The molecule has 2 bridgehead atoms. The van der Waals surface area contributed by atoms with Crippen molar-refractivity contribution in [2.24, 2.45) is 11.8 Å². The van der Waals surface area contributed by atoms with Gasteiger partial charge in [-0.2, -0.15) is 0 Å². The van der Waals surface area contributed by atoms with Gasteiger partial charge in [-0.1, -0.05) is 43.2 Å². The van der Waals surface area contributed by atoms with E-state index in [-0.39, 0.29) is 23.8 Å². The van der Waals surface area contributed by atoms with Crippen molar-refractivity contribution in [3.63, 3.8) is 0 Å². The van der Waals surface area contributed by atoms with Crippen LogP contribution in [0.1, 0.15) is 31.2 Å². The highest BCUT2D eigenvalue weighted by molar-refractivity contribution is 5.93. The minimum absolute atomic E-state index is 0.0577. The number of carbonyl (C=O) groups is 2. The lowest BCUT2D eigenvalue weighted by atomic mass is 9.77. The molecular weight excluding hydrogens is 378 g/mol. The van der Waals surface area contributed by atoms with Crippen molar-refractivity contribution in [2.75, 3.05) is 13.1 Å². The van der Waals surface area contributed by atoms with Crippen LogP contribution in [-0.2, 0) is 20.7 Å². The number of fused-ring (bicyclic) bond motifs is 2. The first-order valence-corrected chi connectivity index (χ1v) is 11.2. The Balaban J connectivity index is 1.15. The number of hydrogen-bond donors (Lipinski definition) is 2. The summed E-state index contributed by atoms with van der Waals surface area (Å²) in [5.74, 6) is -0.735. The topological polar surface area (TPSA) is 74.4 Å². The summed E-state index contributed by atoms with van der Waals surface area (Å²) in [5, 5.41) is 4.28. The van der Waals surface area contributed by atoms with Gasteiger partial charge >= 0.3 is 0 Å². The van der Waals surface area contributed by atoms with E-state index in [4.69, 9.17) is 4.74 Å². The second kappa shape index (κ2) is 6.71. The summed E-state index contributed by atoms with van der Waals surface area (Å²) in [4.78, 5) is 31.7. The number of nitrogens with zero attached hydrogens (tertiary/aromatic N) is 1. The lowest BCUT2D eigenvalue weighted by Crippen LogP contribution is -2.45. The molecular formula is C24H27N3O3. The van der Waals surface area contributed by atoms with Gasteiger partial charge in [0.05, 0.1) is 24.5 Å². The average molecular weight is 405 g/mol. The number of nitrogens with one attached hydrogen (secondary N) is 2. The minimum Gasteiger partial charge on any atom is -0.361 e. The molecule has 1 aromatic carbocycles. The van der Waals surface area contributed by atoms with E-state index in [1.54, 1.807) is 0 Å². The van der Waals surface area contributed by atoms with Gasteiger partial charge in [-0.15, -0.1) is 0 Å². The Morgan fingerprint density at radius 2 is 2.10 bits per heavy atom. The molecule has 4 heterocycles. The van der Waals surface area contributed by atoms with Gasteiger partial charge in [-0.25, -0.2) is 0 Å². The van der Waals surface area contributed by atoms with Gasteiger partial charge in [0.25, 0.3) is 0 Å². The fourth-order valence-electron chi connectivity index (χ4n) is 6.13. The van der Waals surface area contributed by atoms with E-state index in [0.717, 1.165) is 24.8 Å². The summed E-state index contributed by atoms with van der Waals surface area (Å²) in [7, 11) is 0. The zero-order valence-electron chi connectivity index (χ0n) is 17.0. The number of carbonyl (C=O) groups excluding carboxylic acids is 2. The van der Waals surface area contributed by atoms with Gasteiger partial charge in [0.15, 0.2) is 0 Å². The number of H-pyrrole nitrogens is 1. The molecule has 6 rings (SSSR count). The molecule has 2 N–H and O–H groups in total. The Hall–Kier alpha value is -2.60. The molecule has 4 atom stereocenters. The SMILES string of the molecule is O=C(NCCc1c[nH]c2ccccc12)C1C2C=CC3(CN(C4CCCC4)C(=O)C13)O2. The van der Waals surface area contributed by atoms with Crippen molar-refractivity contribution < 1.29 is 14.3 Å². The number of ether oxygens (including phenoxy) is 1. The molecule has 2 saturated heterocycles. The highest BCUT2D eigenvalue weighted by Gasteiger charge is 2.67. The monoisotopic (exact) mass is 405 g/mol. The van der Waals surface area contributed by atoms with Crippen molar-refractivity contribution >= 4 is 22.7 Å². The highest BCUT2D eigenvalue weighted by atomic mass is 16.5. The zero-order chi connectivity index (χ0) is 20.3. The third-order valence-corrected chi connectivity index (χ3v) is 7.57. The highest BCUT2D eigenvalue weighted by Crippen LogP contribution is 2.53. The molecule has 6 nitrogen and oxygen atoms in total. The maximum Gasteiger partial charge on any atom is 0.230 e. The number of likely N-dealkylation sites (tertiary alicyclic amines) is 1. The number of rotatable bonds is 5. The first kappa shape index (κ1) is 18.2. The lowest BCUT2D eigenvalue weighted by Gasteiger charge is -2.27. The van der Waals surface area contributed by atoms with Crippen LogP contribution in [0.25, 0.3) is 10.9 Å². The second-order valence-electron chi connectivity index (χ2n) is 9.20. The molecule has 156 valence electrons. The molecule has 30 heavy (non-hydrogen) atoms. The number of aromatic nitrogens is 1. The molecule has 4 aliphatic rings. The smallest absolute Gasteiger partial charge is 0.230 e. The van der Waals surface area contributed by atoms with E-state index >= 15 is 0 Å². The third kappa shape index (κ3) is 2.59. The Morgan fingerprint density at radius 3 is 2.97 bits per heavy atom. The van der Waals surface area contributed by atoms with Crippen LogP contribution in [0.4, 0.5) is 0 Å². The zero-order valence-corrected chi connectivity index (χ0v) is 17.0. The van der Waals surface area contributed by atoms with Gasteiger partial charge in [-0.3, -0.25) is 9.59 Å². The molecule has 3 fully saturated rings. The van der Waals surface area contributed by atoms with Crippen LogP contribution in [0.3, 0.4) is 0 Å². The second-order valence-corrected chi connectivity index (χ2v) is 9.20. The largest absolute Gasteiger partial charge is 0.361 e. The van der Waals surface area contributed by atoms with Crippen molar-refractivity contribution in [1.29, 1.82) is 0 Å². The predicted octanol–water partition coefficient (Wildman–Crippen LogP) is 2.55. The van der Waals surface area contributed by atoms with Gasteiger partial charge in [-0.05, 0) is 30.9 Å². The summed E-state index contributed by atoms with van der Waals surface area (Å²) < 4.78 is 6.25. The number of hydrogen-bond acceptors (Lipinski definition) is 3. The Kier molecular flexibility index (Phi) is 4.07. The summed E-state index contributed by atoms with van der Waals surface area (Å²) in [6, 6.07) is 8.50. The molecule has 2 amide bonds. The first-order chi connectivity index (χ1) is 14.7. The van der Waals surface area contributed by atoms with E-state index in [1.807, 2.05) is 35.4 Å². The van der Waals surface area contributed by atoms with E-state index in [9.17, 15) is 9.59 Å². The van der Waals surface area contributed by atoms with Crippen LogP contribution in [-0.4, -0.2) is 52.5 Å². The van der Waals surface area contributed by atoms with Crippen LogP contribution in [0, 0.1) is 11.8 Å². The molecule has 1 spiro atoms. The number of aromatic amines is 1. The number of amides is 2. The molecule has 1 aliphatic carbocycles. The molecule has 3 aliphatic heterocycles. The molecule has 2 aromatic rings. The minimum atomic E-state index is -0.594. The predicted molar refractivity (Wildman–Crippen MR) is 113 cm³/mol. The maximum absolute atomic E-state index is 13.3. The molecule has 6 heteroatoms. The average Bonchev–Trinajstić information content (AvgIpc) is 3.56. The van der Waals surface area contributed by atoms with Crippen molar-refractivity contribution in [3.8, 4) is 0 Å².